The van der Waals surface area contributed by atoms with Gasteiger partial charge in [0.2, 0.25) is 0 Å². The second-order valence-electron chi connectivity index (χ2n) is 8.69. The summed E-state index contributed by atoms with van der Waals surface area (Å²) in [4.78, 5) is 39.5. The SMILES string of the molecule is CCCCc1ccc(N2C(=O)C(Cl)=C(Nc3ccc(C(=O)Oc4cccc(C)c4C)cc3)C2=O)cc1. The number of anilines is 2. The molecular weight excluding hydrogens is 476 g/mol. The molecule has 7 heteroatoms. The first-order valence-electron chi connectivity index (χ1n) is 11.8. The van der Waals surface area contributed by atoms with Gasteiger partial charge in [0.15, 0.2) is 0 Å². The summed E-state index contributed by atoms with van der Waals surface area (Å²) in [6, 6.07) is 19.3. The summed E-state index contributed by atoms with van der Waals surface area (Å²) in [6.45, 7) is 5.97. The van der Waals surface area contributed by atoms with Gasteiger partial charge in [-0.3, -0.25) is 9.59 Å². The third-order valence-electron chi connectivity index (χ3n) is 6.19. The largest absolute Gasteiger partial charge is 0.423 e. The molecule has 0 saturated heterocycles. The van der Waals surface area contributed by atoms with Crippen molar-refractivity contribution in [2.24, 2.45) is 0 Å². The van der Waals surface area contributed by atoms with Gasteiger partial charge in [-0.25, -0.2) is 9.69 Å². The number of esters is 1. The summed E-state index contributed by atoms with van der Waals surface area (Å²) in [5, 5.41) is 2.74. The van der Waals surface area contributed by atoms with E-state index < -0.39 is 17.8 Å². The van der Waals surface area contributed by atoms with E-state index in [0.717, 1.165) is 40.9 Å². The highest BCUT2D eigenvalue weighted by Crippen LogP contribution is 2.30. The number of amides is 2. The lowest BCUT2D eigenvalue weighted by Gasteiger charge is -2.15. The molecule has 0 aromatic heterocycles. The third kappa shape index (κ3) is 5.19. The molecule has 0 spiro atoms. The predicted molar refractivity (Wildman–Crippen MR) is 141 cm³/mol. The van der Waals surface area contributed by atoms with E-state index >= 15 is 0 Å². The maximum Gasteiger partial charge on any atom is 0.343 e. The fraction of sp³-hybridized carbons (Fsp3) is 0.207. The average Bonchev–Trinajstić information content (AvgIpc) is 3.09. The van der Waals surface area contributed by atoms with Crippen LogP contribution in [-0.4, -0.2) is 17.8 Å². The number of benzene rings is 3. The Bertz CT molecular complexity index is 1340. The molecule has 6 nitrogen and oxygen atoms in total. The summed E-state index contributed by atoms with van der Waals surface area (Å²) in [5.41, 5.74) is 4.38. The van der Waals surface area contributed by atoms with Crippen LogP contribution in [0.15, 0.2) is 77.5 Å². The van der Waals surface area contributed by atoms with Crippen molar-refractivity contribution in [2.75, 3.05) is 10.2 Å². The van der Waals surface area contributed by atoms with Gasteiger partial charge in [-0.1, -0.05) is 49.2 Å². The quantitative estimate of drug-likeness (QED) is 0.222. The van der Waals surface area contributed by atoms with Gasteiger partial charge in [-0.05, 0) is 85.8 Å². The number of halogens is 1. The molecule has 4 rings (SSSR count). The maximum atomic E-state index is 13.1. The molecule has 0 radical (unpaired) electrons. The van der Waals surface area contributed by atoms with E-state index in [1.54, 1.807) is 42.5 Å². The van der Waals surface area contributed by atoms with Crippen molar-refractivity contribution in [2.45, 2.75) is 40.0 Å². The summed E-state index contributed by atoms with van der Waals surface area (Å²) in [5.74, 6) is -1.11. The molecule has 2 amide bonds. The van der Waals surface area contributed by atoms with Crippen molar-refractivity contribution >= 4 is 40.8 Å². The number of rotatable bonds is 8. The molecule has 1 aliphatic rings. The monoisotopic (exact) mass is 502 g/mol. The summed E-state index contributed by atoms with van der Waals surface area (Å²) < 4.78 is 5.53. The van der Waals surface area contributed by atoms with Crippen LogP contribution in [0.2, 0.25) is 0 Å². The molecule has 184 valence electrons. The highest BCUT2D eigenvalue weighted by atomic mass is 35.5. The molecule has 1 heterocycles. The molecule has 0 saturated carbocycles. The van der Waals surface area contributed by atoms with Gasteiger partial charge in [0, 0.05) is 5.69 Å². The van der Waals surface area contributed by atoms with E-state index in [9.17, 15) is 14.4 Å². The zero-order valence-electron chi connectivity index (χ0n) is 20.4. The molecule has 3 aromatic rings. The summed E-state index contributed by atoms with van der Waals surface area (Å²) >= 11 is 6.25. The van der Waals surface area contributed by atoms with Crippen molar-refractivity contribution in [3.63, 3.8) is 0 Å². The van der Waals surface area contributed by atoms with Crippen LogP contribution in [0.1, 0.15) is 46.8 Å². The standard InChI is InChI=1S/C29H27ClN2O4/c1-4-5-8-20-10-16-23(17-11-20)32-27(33)25(30)26(28(32)34)31-22-14-12-21(13-15-22)29(35)36-24-9-6-7-18(2)19(24)3/h6-7,9-17,31H,4-5,8H2,1-3H3. The number of ether oxygens (including phenoxy) is 1. The van der Waals surface area contributed by atoms with Crippen molar-refractivity contribution < 1.29 is 19.1 Å². The molecule has 1 N–H and O–H groups in total. The molecule has 1 aliphatic heterocycles. The lowest BCUT2D eigenvalue weighted by molar-refractivity contribution is -0.120. The zero-order chi connectivity index (χ0) is 25.8. The molecule has 0 bridgehead atoms. The second kappa shape index (κ2) is 10.8. The lowest BCUT2D eigenvalue weighted by atomic mass is 10.1. The number of aryl methyl sites for hydroxylation is 2. The van der Waals surface area contributed by atoms with E-state index in [1.807, 2.05) is 38.1 Å². The second-order valence-corrected chi connectivity index (χ2v) is 9.07. The van der Waals surface area contributed by atoms with Crippen LogP contribution in [0.5, 0.6) is 5.75 Å². The van der Waals surface area contributed by atoms with Gasteiger partial charge in [0.25, 0.3) is 11.8 Å². The number of carbonyl (C=O) groups is 3. The summed E-state index contributed by atoms with van der Waals surface area (Å²) in [6.07, 6.45) is 3.11. The van der Waals surface area contributed by atoms with E-state index in [4.69, 9.17) is 16.3 Å². The van der Waals surface area contributed by atoms with Crippen LogP contribution in [-0.2, 0) is 16.0 Å². The fourth-order valence-electron chi connectivity index (χ4n) is 3.87. The van der Waals surface area contributed by atoms with Crippen LogP contribution >= 0.6 is 11.6 Å². The van der Waals surface area contributed by atoms with Crippen molar-refractivity contribution in [3.05, 3.63) is 99.7 Å². The Labute approximate surface area is 215 Å². The minimum atomic E-state index is -0.584. The third-order valence-corrected chi connectivity index (χ3v) is 6.54. The van der Waals surface area contributed by atoms with Crippen molar-refractivity contribution in [1.29, 1.82) is 0 Å². The number of hydrogen-bond acceptors (Lipinski definition) is 5. The van der Waals surface area contributed by atoms with Crippen LogP contribution in [0.4, 0.5) is 11.4 Å². The number of imide groups is 1. The number of hydrogen-bond donors (Lipinski definition) is 1. The Morgan fingerprint density at radius 3 is 2.31 bits per heavy atom. The first-order valence-corrected chi connectivity index (χ1v) is 12.2. The average molecular weight is 503 g/mol. The van der Waals surface area contributed by atoms with Gasteiger partial charge < -0.3 is 10.1 Å². The van der Waals surface area contributed by atoms with Gasteiger partial charge in [0.1, 0.15) is 16.5 Å². The zero-order valence-corrected chi connectivity index (χ0v) is 21.2. The molecule has 36 heavy (non-hydrogen) atoms. The number of unbranched alkanes of at least 4 members (excludes halogenated alkanes) is 1. The van der Waals surface area contributed by atoms with E-state index in [2.05, 4.69) is 12.2 Å². The Morgan fingerprint density at radius 1 is 0.944 bits per heavy atom. The molecule has 0 unspecified atom stereocenters. The molecule has 0 fully saturated rings. The minimum Gasteiger partial charge on any atom is -0.423 e. The van der Waals surface area contributed by atoms with Crippen LogP contribution < -0.4 is 15.0 Å². The van der Waals surface area contributed by atoms with Crippen molar-refractivity contribution in [1.82, 2.24) is 0 Å². The topological polar surface area (TPSA) is 75.7 Å². The first kappa shape index (κ1) is 25.2. The molecule has 0 atom stereocenters. The smallest absolute Gasteiger partial charge is 0.343 e. The molecule has 0 aliphatic carbocycles. The van der Waals surface area contributed by atoms with Crippen molar-refractivity contribution in [3.8, 4) is 5.75 Å². The van der Waals surface area contributed by atoms with Gasteiger partial charge in [-0.2, -0.15) is 0 Å². The van der Waals surface area contributed by atoms with Gasteiger partial charge >= 0.3 is 5.97 Å². The minimum absolute atomic E-state index is 0.0116. The summed E-state index contributed by atoms with van der Waals surface area (Å²) in [7, 11) is 0. The van der Waals surface area contributed by atoms with E-state index in [0.29, 0.717) is 22.7 Å². The van der Waals surface area contributed by atoms with Gasteiger partial charge in [0.05, 0.1) is 11.3 Å². The van der Waals surface area contributed by atoms with Gasteiger partial charge in [-0.15, -0.1) is 0 Å². The predicted octanol–water partition coefficient (Wildman–Crippen LogP) is 6.30. The molecule has 3 aromatic carbocycles. The van der Waals surface area contributed by atoms with Crippen LogP contribution in [0, 0.1) is 13.8 Å². The number of carbonyl (C=O) groups excluding carboxylic acids is 3. The van der Waals surface area contributed by atoms with Crippen LogP contribution in [0.3, 0.4) is 0 Å². The lowest BCUT2D eigenvalue weighted by Crippen LogP contribution is -2.32. The van der Waals surface area contributed by atoms with E-state index in [-0.39, 0.29) is 10.7 Å². The van der Waals surface area contributed by atoms with Crippen LogP contribution in [0.25, 0.3) is 0 Å². The first-order chi connectivity index (χ1) is 17.3. The number of nitrogens with one attached hydrogen (secondary N) is 1. The van der Waals surface area contributed by atoms with E-state index in [1.165, 1.54) is 0 Å². The number of nitrogens with zero attached hydrogens (tertiary/aromatic N) is 1. The Kier molecular flexibility index (Phi) is 7.55. The maximum absolute atomic E-state index is 13.1. The molecular formula is C29H27ClN2O4. The Hall–Kier alpha value is -3.90. The normalized spacial score (nSPS) is 13.4. The highest BCUT2D eigenvalue weighted by Gasteiger charge is 2.38. The highest BCUT2D eigenvalue weighted by molar-refractivity contribution is 6.53. The fourth-order valence-corrected chi connectivity index (χ4v) is 4.08. The Balaban J connectivity index is 1.45. The Morgan fingerprint density at radius 2 is 1.64 bits per heavy atom.